The summed E-state index contributed by atoms with van der Waals surface area (Å²) in [5.74, 6) is 0.274. The molecule has 0 saturated carbocycles. The molecule has 0 radical (unpaired) electrons. The van der Waals surface area contributed by atoms with E-state index in [0.717, 1.165) is 11.8 Å². The SMILES string of the molecule is CONC(=O)CC(CC=O)c1cccc(OC)c1. The van der Waals surface area contributed by atoms with Crippen LogP contribution in [0.4, 0.5) is 0 Å². The molecular formula is C13H17NO4. The zero-order valence-electron chi connectivity index (χ0n) is 10.5. The smallest absolute Gasteiger partial charge is 0.244 e. The van der Waals surface area contributed by atoms with Crippen molar-refractivity contribution in [2.75, 3.05) is 14.2 Å². The van der Waals surface area contributed by atoms with Gasteiger partial charge in [-0.15, -0.1) is 0 Å². The third-order valence-electron chi connectivity index (χ3n) is 2.59. The molecule has 1 aromatic rings. The maximum atomic E-state index is 11.5. The number of ether oxygens (including phenoxy) is 1. The highest BCUT2D eigenvalue weighted by molar-refractivity contribution is 5.76. The number of carbonyl (C=O) groups excluding carboxylic acids is 2. The molecule has 1 amide bonds. The van der Waals surface area contributed by atoms with Crippen molar-refractivity contribution in [1.29, 1.82) is 0 Å². The Morgan fingerprint density at radius 2 is 2.22 bits per heavy atom. The number of aldehydes is 1. The largest absolute Gasteiger partial charge is 0.497 e. The van der Waals surface area contributed by atoms with E-state index in [9.17, 15) is 9.59 Å². The third kappa shape index (κ3) is 4.18. The van der Waals surface area contributed by atoms with E-state index in [0.29, 0.717) is 5.75 Å². The summed E-state index contributed by atoms with van der Waals surface area (Å²) in [5, 5.41) is 0. The molecule has 0 fully saturated rings. The lowest BCUT2D eigenvalue weighted by molar-refractivity contribution is -0.131. The van der Waals surface area contributed by atoms with Crippen LogP contribution in [-0.2, 0) is 14.4 Å². The van der Waals surface area contributed by atoms with Crippen LogP contribution >= 0.6 is 0 Å². The van der Waals surface area contributed by atoms with Gasteiger partial charge in [0.05, 0.1) is 14.2 Å². The van der Waals surface area contributed by atoms with Crippen molar-refractivity contribution in [3.05, 3.63) is 29.8 Å². The van der Waals surface area contributed by atoms with Crippen molar-refractivity contribution in [2.45, 2.75) is 18.8 Å². The quantitative estimate of drug-likeness (QED) is 0.588. The van der Waals surface area contributed by atoms with Crippen LogP contribution in [0.3, 0.4) is 0 Å². The predicted molar refractivity (Wildman–Crippen MR) is 66.2 cm³/mol. The van der Waals surface area contributed by atoms with Gasteiger partial charge in [-0.3, -0.25) is 9.63 Å². The van der Waals surface area contributed by atoms with E-state index in [2.05, 4.69) is 10.3 Å². The molecule has 1 atom stereocenters. The highest BCUT2D eigenvalue weighted by Gasteiger charge is 2.16. The fourth-order valence-electron chi connectivity index (χ4n) is 1.73. The van der Waals surface area contributed by atoms with E-state index in [1.165, 1.54) is 7.11 Å². The number of amides is 1. The first kappa shape index (κ1) is 14.2. The lowest BCUT2D eigenvalue weighted by Crippen LogP contribution is -2.24. The maximum absolute atomic E-state index is 11.5. The maximum Gasteiger partial charge on any atom is 0.244 e. The van der Waals surface area contributed by atoms with Crippen LogP contribution in [0.25, 0.3) is 0 Å². The Balaban J connectivity index is 2.82. The van der Waals surface area contributed by atoms with Crippen LogP contribution < -0.4 is 10.2 Å². The Kier molecular flexibility index (Phi) is 5.87. The summed E-state index contributed by atoms with van der Waals surface area (Å²) in [6, 6.07) is 7.35. The van der Waals surface area contributed by atoms with Crippen LogP contribution in [0.2, 0.25) is 0 Å². The van der Waals surface area contributed by atoms with E-state index in [-0.39, 0.29) is 24.7 Å². The number of carbonyl (C=O) groups is 2. The van der Waals surface area contributed by atoms with Gasteiger partial charge in [-0.05, 0) is 23.6 Å². The molecule has 0 aliphatic heterocycles. The second kappa shape index (κ2) is 7.45. The third-order valence-corrected chi connectivity index (χ3v) is 2.59. The molecule has 5 nitrogen and oxygen atoms in total. The number of methoxy groups -OCH3 is 1. The van der Waals surface area contributed by atoms with E-state index in [1.54, 1.807) is 7.11 Å². The van der Waals surface area contributed by atoms with Gasteiger partial charge in [-0.2, -0.15) is 0 Å². The standard InChI is InChI=1S/C13H17NO4/c1-17-12-5-3-4-10(8-12)11(6-7-15)9-13(16)14-18-2/h3-5,7-8,11H,6,9H2,1-2H3,(H,14,16). The monoisotopic (exact) mass is 251 g/mol. The molecular weight excluding hydrogens is 234 g/mol. The fourth-order valence-corrected chi connectivity index (χ4v) is 1.73. The normalized spacial score (nSPS) is 11.7. The van der Waals surface area contributed by atoms with Crippen molar-refractivity contribution in [2.24, 2.45) is 0 Å². The number of hydrogen-bond donors (Lipinski definition) is 1. The molecule has 0 saturated heterocycles. The molecule has 0 heterocycles. The van der Waals surface area contributed by atoms with E-state index < -0.39 is 0 Å². The molecule has 1 rings (SSSR count). The van der Waals surface area contributed by atoms with Crippen LogP contribution in [0.5, 0.6) is 5.75 Å². The summed E-state index contributed by atoms with van der Waals surface area (Å²) < 4.78 is 5.12. The molecule has 0 bridgehead atoms. The van der Waals surface area contributed by atoms with Gasteiger partial charge in [0.15, 0.2) is 0 Å². The van der Waals surface area contributed by atoms with Gasteiger partial charge in [-0.25, -0.2) is 5.48 Å². The van der Waals surface area contributed by atoms with E-state index >= 15 is 0 Å². The Morgan fingerprint density at radius 1 is 1.44 bits per heavy atom. The molecule has 1 unspecified atom stereocenters. The lowest BCUT2D eigenvalue weighted by atomic mass is 9.92. The first-order valence-corrected chi connectivity index (χ1v) is 5.60. The molecule has 98 valence electrons. The fraction of sp³-hybridized carbons (Fsp3) is 0.385. The molecule has 18 heavy (non-hydrogen) atoms. The Hall–Kier alpha value is -1.88. The zero-order valence-corrected chi connectivity index (χ0v) is 10.5. The molecule has 0 aliphatic carbocycles. The number of hydrogen-bond acceptors (Lipinski definition) is 4. The van der Waals surface area contributed by atoms with Crippen molar-refractivity contribution < 1.29 is 19.2 Å². The second-order valence-electron chi connectivity index (χ2n) is 3.81. The number of benzene rings is 1. The summed E-state index contributed by atoms with van der Waals surface area (Å²) >= 11 is 0. The predicted octanol–water partition coefficient (Wildman–Crippen LogP) is 1.44. The van der Waals surface area contributed by atoms with Gasteiger partial charge in [-0.1, -0.05) is 12.1 Å². The minimum Gasteiger partial charge on any atom is -0.497 e. The minimum atomic E-state index is -0.257. The van der Waals surface area contributed by atoms with Gasteiger partial charge in [0.2, 0.25) is 5.91 Å². The van der Waals surface area contributed by atoms with Gasteiger partial charge >= 0.3 is 0 Å². The van der Waals surface area contributed by atoms with Crippen LogP contribution in [0.1, 0.15) is 24.3 Å². The van der Waals surface area contributed by atoms with E-state index in [4.69, 9.17) is 4.74 Å². The molecule has 5 heteroatoms. The summed E-state index contributed by atoms with van der Waals surface area (Å²) in [6.45, 7) is 0. The first-order chi connectivity index (χ1) is 8.71. The highest BCUT2D eigenvalue weighted by atomic mass is 16.6. The Morgan fingerprint density at radius 3 is 2.83 bits per heavy atom. The zero-order chi connectivity index (χ0) is 13.4. The minimum absolute atomic E-state index is 0.173. The van der Waals surface area contributed by atoms with Crippen LogP contribution in [0, 0.1) is 0 Å². The Labute approximate surface area is 106 Å². The first-order valence-electron chi connectivity index (χ1n) is 5.60. The van der Waals surface area contributed by atoms with E-state index in [1.807, 2.05) is 24.3 Å². The van der Waals surface area contributed by atoms with Gasteiger partial charge in [0, 0.05) is 12.8 Å². The molecule has 1 N–H and O–H groups in total. The average molecular weight is 251 g/mol. The lowest BCUT2D eigenvalue weighted by Gasteiger charge is -2.14. The molecule has 1 aromatic carbocycles. The second-order valence-corrected chi connectivity index (χ2v) is 3.81. The Bertz CT molecular complexity index is 406. The number of hydroxylamine groups is 1. The molecule has 0 aliphatic rings. The average Bonchev–Trinajstić information content (AvgIpc) is 2.38. The van der Waals surface area contributed by atoms with Crippen molar-refractivity contribution in [3.8, 4) is 5.75 Å². The van der Waals surface area contributed by atoms with Crippen molar-refractivity contribution >= 4 is 12.2 Å². The summed E-state index contributed by atoms with van der Waals surface area (Å²) in [4.78, 5) is 26.7. The van der Waals surface area contributed by atoms with Crippen molar-refractivity contribution in [3.63, 3.8) is 0 Å². The van der Waals surface area contributed by atoms with Gasteiger partial charge in [0.25, 0.3) is 0 Å². The number of rotatable bonds is 7. The summed E-state index contributed by atoms with van der Waals surface area (Å²) in [6.07, 6.45) is 1.29. The van der Waals surface area contributed by atoms with Crippen LogP contribution in [-0.4, -0.2) is 26.4 Å². The van der Waals surface area contributed by atoms with Crippen LogP contribution in [0.15, 0.2) is 24.3 Å². The molecule has 0 spiro atoms. The van der Waals surface area contributed by atoms with Gasteiger partial charge < -0.3 is 9.53 Å². The number of nitrogens with one attached hydrogen (secondary N) is 1. The van der Waals surface area contributed by atoms with Crippen molar-refractivity contribution in [1.82, 2.24) is 5.48 Å². The summed E-state index contributed by atoms with van der Waals surface area (Å²) in [7, 11) is 2.95. The highest BCUT2D eigenvalue weighted by Crippen LogP contribution is 2.25. The summed E-state index contributed by atoms with van der Waals surface area (Å²) in [5.41, 5.74) is 3.14. The topological polar surface area (TPSA) is 64.6 Å². The van der Waals surface area contributed by atoms with Gasteiger partial charge in [0.1, 0.15) is 12.0 Å². The molecule has 0 aromatic heterocycles.